The van der Waals surface area contributed by atoms with Crippen LogP contribution in [0.3, 0.4) is 0 Å². The molecule has 1 aliphatic heterocycles. The van der Waals surface area contributed by atoms with Crippen LogP contribution < -0.4 is 4.90 Å². The number of rotatable bonds is 3. The van der Waals surface area contributed by atoms with Gasteiger partial charge in [-0.15, -0.1) is 11.3 Å². The first kappa shape index (κ1) is 14.0. The van der Waals surface area contributed by atoms with E-state index in [1.807, 2.05) is 0 Å². The van der Waals surface area contributed by atoms with Gasteiger partial charge in [0.25, 0.3) is 0 Å². The van der Waals surface area contributed by atoms with Crippen molar-refractivity contribution in [3.05, 3.63) is 21.1 Å². The lowest BCUT2D eigenvalue weighted by atomic mass is 9.95. The molecule has 2 rings (SSSR count). The minimum atomic E-state index is -0.385. The maximum absolute atomic E-state index is 11.4. The second-order valence-electron chi connectivity index (χ2n) is 5.30. The molecule has 2 heterocycles. The fourth-order valence-electron chi connectivity index (χ4n) is 2.45. The zero-order chi connectivity index (χ0) is 14.2. The van der Waals surface area contributed by atoms with E-state index in [9.17, 15) is 14.9 Å². The van der Waals surface area contributed by atoms with E-state index in [0.29, 0.717) is 15.8 Å². The Balaban J connectivity index is 2.41. The standard InChI is InChI=1S/C13H18N2O3S/c1-8-4-5-9(2)14(7-8)13-11(15(17)18)6-12(19-13)10(3)16/h6,8-9H,4-5,7H2,1-3H3. The number of carbonyl (C=O) groups excluding carboxylic acids is 1. The Morgan fingerprint density at radius 3 is 2.74 bits per heavy atom. The fourth-order valence-corrected chi connectivity index (χ4v) is 3.59. The molecule has 0 bridgehead atoms. The van der Waals surface area contributed by atoms with Crippen LogP contribution in [0.5, 0.6) is 0 Å². The van der Waals surface area contributed by atoms with Gasteiger partial charge in [0.2, 0.25) is 0 Å². The molecule has 2 unspecified atom stereocenters. The highest BCUT2D eigenvalue weighted by atomic mass is 32.1. The fraction of sp³-hybridized carbons (Fsp3) is 0.615. The summed E-state index contributed by atoms with van der Waals surface area (Å²) >= 11 is 1.24. The lowest BCUT2D eigenvalue weighted by Crippen LogP contribution is -2.40. The van der Waals surface area contributed by atoms with Gasteiger partial charge in [0.15, 0.2) is 10.8 Å². The largest absolute Gasteiger partial charge is 0.355 e. The van der Waals surface area contributed by atoms with Crippen molar-refractivity contribution >= 4 is 27.8 Å². The van der Waals surface area contributed by atoms with Crippen LogP contribution in [0.4, 0.5) is 10.7 Å². The molecule has 2 atom stereocenters. The summed E-state index contributed by atoms with van der Waals surface area (Å²) in [5.41, 5.74) is 0.0659. The predicted octanol–water partition coefficient (Wildman–Crippen LogP) is 3.48. The molecule has 1 saturated heterocycles. The summed E-state index contributed by atoms with van der Waals surface area (Å²) in [6.07, 6.45) is 2.18. The second-order valence-corrected chi connectivity index (χ2v) is 6.33. The van der Waals surface area contributed by atoms with E-state index in [1.54, 1.807) is 0 Å². The molecule has 0 amide bonds. The van der Waals surface area contributed by atoms with Crippen molar-refractivity contribution in [2.24, 2.45) is 5.92 Å². The number of Topliss-reactive ketones (excluding diaryl/α,β-unsaturated/α-hetero) is 1. The van der Waals surface area contributed by atoms with Crippen molar-refractivity contribution in [1.82, 2.24) is 0 Å². The van der Waals surface area contributed by atoms with Gasteiger partial charge in [-0.2, -0.15) is 0 Å². The van der Waals surface area contributed by atoms with Gasteiger partial charge in [0, 0.05) is 18.7 Å². The molecule has 0 N–H and O–H groups in total. The molecule has 0 spiro atoms. The Kier molecular flexibility index (Phi) is 3.89. The van der Waals surface area contributed by atoms with Crippen molar-refractivity contribution in [3.63, 3.8) is 0 Å². The minimum Gasteiger partial charge on any atom is -0.355 e. The van der Waals surface area contributed by atoms with E-state index < -0.39 is 0 Å². The smallest absolute Gasteiger partial charge is 0.304 e. The number of hydrogen-bond donors (Lipinski definition) is 0. The van der Waals surface area contributed by atoms with Crippen LogP contribution in [0.1, 0.15) is 43.3 Å². The maximum Gasteiger partial charge on any atom is 0.304 e. The highest BCUT2D eigenvalue weighted by Crippen LogP contribution is 2.41. The lowest BCUT2D eigenvalue weighted by molar-refractivity contribution is -0.383. The molecule has 104 valence electrons. The topological polar surface area (TPSA) is 63.4 Å². The van der Waals surface area contributed by atoms with Crippen molar-refractivity contribution < 1.29 is 9.72 Å². The average molecular weight is 282 g/mol. The SMILES string of the molecule is CC(=O)c1cc([N+](=O)[O-])c(N2CC(C)CCC2C)s1. The third kappa shape index (κ3) is 2.78. The first-order valence-electron chi connectivity index (χ1n) is 6.46. The number of hydrogen-bond acceptors (Lipinski definition) is 5. The zero-order valence-corrected chi connectivity index (χ0v) is 12.2. The Bertz CT molecular complexity index is 512. The molecule has 1 aromatic heterocycles. The van der Waals surface area contributed by atoms with E-state index in [1.165, 1.54) is 24.3 Å². The van der Waals surface area contributed by atoms with Gasteiger partial charge in [-0.1, -0.05) is 6.92 Å². The molecule has 1 fully saturated rings. The van der Waals surface area contributed by atoms with Crippen LogP contribution in [-0.2, 0) is 0 Å². The van der Waals surface area contributed by atoms with E-state index in [-0.39, 0.29) is 22.4 Å². The van der Waals surface area contributed by atoms with E-state index in [4.69, 9.17) is 0 Å². The van der Waals surface area contributed by atoms with Gasteiger partial charge in [-0.25, -0.2) is 0 Å². The van der Waals surface area contributed by atoms with E-state index >= 15 is 0 Å². The molecule has 19 heavy (non-hydrogen) atoms. The first-order valence-corrected chi connectivity index (χ1v) is 7.27. The minimum absolute atomic E-state index is 0.0659. The summed E-state index contributed by atoms with van der Waals surface area (Å²) in [6, 6.07) is 1.70. The zero-order valence-electron chi connectivity index (χ0n) is 11.4. The number of nitro groups is 1. The highest BCUT2D eigenvalue weighted by Gasteiger charge is 2.31. The van der Waals surface area contributed by atoms with Gasteiger partial charge in [0.05, 0.1) is 9.80 Å². The Labute approximate surface area is 116 Å². The summed E-state index contributed by atoms with van der Waals surface area (Å²) in [4.78, 5) is 24.8. The average Bonchev–Trinajstić information content (AvgIpc) is 2.77. The van der Waals surface area contributed by atoms with Crippen LogP contribution in [-0.4, -0.2) is 23.3 Å². The van der Waals surface area contributed by atoms with E-state index in [0.717, 1.165) is 19.4 Å². The molecule has 0 aromatic carbocycles. The molecule has 6 heteroatoms. The van der Waals surface area contributed by atoms with Crippen molar-refractivity contribution in [3.8, 4) is 0 Å². The van der Waals surface area contributed by atoms with Gasteiger partial charge >= 0.3 is 5.69 Å². The molecular formula is C13H18N2O3S. The summed E-state index contributed by atoms with van der Waals surface area (Å²) in [5, 5.41) is 11.8. The lowest BCUT2D eigenvalue weighted by Gasteiger charge is -2.37. The number of carbonyl (C=O) groups is 1. The van der Waals surface area contributed by atoms with Crippen LogP contribution in [0, 0.1) is 16.0 Å². The second kappa shape index (κ2) is 5.28. The molecule has 5 nitrogen and oxygen atoms in total. The van der Waals surface area contributed by atoms with Crippen molar-refractivity contribution in [2.45, 2.75) is 39.7 Å². The number of ketones is 1. The van der Waals surface area contributed by atoms with Gasteiger partial charge in [-0.05, 0) is 32.6 Å². The summed E-state index contributed by atoms with van der Waals surface area (Å²) in [6.45, 7) is 6.51. The number of piperidine rings is 1. The quantitative estimate of drug-likeness (QED) is 0.483. The van der Waals surface area contributed by atoms with E-state index in [2.05, 4.69) is 18.7 Å². The van der Waals surface area contributed by atoms with Gasteiger partial charge in [-0.3, -0.25) is 14.9 Å². The third-order valence-electron chi connectivity index (χ3n) is 3.62. The molecule has 0 aliphatic carbocycles. The van der Waals surface area contributed by atoms with Gasteiger partial charge in [0.1, 0.15) is 0 Å². The predicted molar refractivity (Wildman–Crippen MR) is 76.2 cm³/mol. The van der Waals surface area contributed by atoms with Gasteiger partial charge < -0.3 is 4.90 Å². The molecule has 1 aliphatic rings. The van der Waals surface area contributed by atoms with Crippen molar-refractivity contribution in [1.29, 1.82) is 0 Å². The summed E-state index contributed by atoms with van der Waals surface area (Å²) in [5.74, 6) is 0.413. The monoisotopic (exact) mass is 282 g/mol. The van der Waals surface area contributed by atoms with Crippen molar-refractivity contribution in [2.75, 3.05) is 11.4 Å². The summed E-state index contributed by atoms with van der Waals surface area (Å²) in [7, 11) is 0. The Morgan fingerprint density at radius 2 is 2.16 bits per heavy atom. The molecular weight excluding hydrogens is 264 g/mol. The van der Waals surface area contributed by atoms with Crippen LogP contribution in [0.25, 0.3) is 0 Å². The van der Waals surface area contributed by atoms with Crippen LogP contribution in [0.2, 0.25) is 0 Å². The Hall–Kier alpha value is -1.43. The first-order chi connectivity index (χ1) is 8.90. The number of thiophene rings is 1. The van der Waals surface area contributed by atoms with Crippen LogP contribution >= 0.6 is 11.3 Å². The molecule has 0 saturated carbocycles. The van der Waals surface area contributed by atoms with Crippen LogP contribution in [0.15, 0.2) is 6.07 Å². The number of anilines is 1. The summed E-state index contributed by atoms with van der Waals surface area (Å²) < 4.78 is 0. The number of nitrogens with zero attached hydrogens (tertiary/aromatic N) is 2. The molecule has 0 radical (unpaired) electrons. The highest BCUT2D eigenvalue weighted by molar-refractivity contribution is 7.18. The molecule has 1 aromatic rings. The maximum atomic E-state index is 11.4. The Morgan fingerprint density at radius 1 is 1.47 bits per heavy atom. The third-order valence-corrected chi connectivity index (χ3v) is 4.88. The normalized spacial score (nSPS) is 23.4.